The molecule has 0 saturated heterocycles. The van der Waals surface area contributed by atoms with E-state index in [0.29, 0.717) is 0 Å². The fourth-order valence-electron chi connectivity index (χ4n) is 1.02. The van der Waals surface area contributed by atoms with E-state index in [1.165, 1.54) is 6.07 Å². The second kappa shape index (κ2) is 4.39. The van der Waals surface area contributed by atoms with Gasteiger partial charge in [-0.05, 0) is 19.1 Å². The van der Waals surface area contributed by atoms with Gasteiger partial charge in [0.25, 0.3) is 0 Å². The molecule has 0 fully saturated rings. The SMILES string of the molecule is CC(CO)(CO)Nc1ccccc1F. The predicted molar refractivity (Wildman–Crippen MR) is 52.6 cm³/mol. The zero-order valence-corrected chi connectivity index (χ0v) is 8.00. The lowest BCUT2D eigenvalue weighted by atomic mass is 10.0. The number of aliphatic hydroxyl groups excluding tert-OH is 2. The quantitative estimate of drug-likeness (QED) is 0.677. The normalized spacial score (nSPS) is 11.4. The lowest BCUT2D eigenvalue weighted by Crippen LogP contribution is -2.42. The maximum absolute atomic E-state index is 13.2. The molecule has 0 unspecified atom stereocenters. The summed E-state index contributed by atoms with van der Waals surface area (Å²) in [5.74, 6) is -0.402. The molecule has 0 spiro atoms. The minimum absolute atomic E-state index is 0.266. The summed E-state index contributed by atoms with van der Waals surface area (Å²) >= 11 is 0. The van der Waals surface area contributed by atoms with E-state index >= 15 is 0 Å². The van der Waals surface area contributed by atoms with Crippen LogP contribution in [0.2, 0.25) is 0 Å². The first kappa shape index (κ1) is 10.9. The fourth-order valence-corrected chi connectivity index (χ4v) is 1.02. The highest BCUT2D eigenvalue weighted by molar-refractivity contribution is 5.46. The molecule has 4 heteroatoms. The molecule has 0 saturated carbocycles. The Bertz CT molecular complexity index is 300. The van der Waals surface area contributed by atoms with Crippen molar-refractivity contribution in [2.45, 2.75) is 12.5 Å². The van der Waals surface area contributed by atoms with Crippen LogP contribution in [0.4, 0.5) is 10.1 Å². The summed E-state index contributed by atoms with van der Waals surface area (Å²) in [6.07, 6.45) is 0. The Morgan fingerprint density at radius 2 is 1.86 bits per heavy atom. The molecule has 0 bridgehead atoms. The average molecular weight is 199 g/mol. The summed E-state index contributed by atoms with van der Waals surface area (Å²) in [7, 11) is 0. The molecule has 3 N–H and O–H groups in total. The van der Waals surface area contributed by atoms with Gasteiger partial charge in [0, 0.05) is 0 Å². The second-order valence-electron chi connectivity index (χ2n) is 3.48. The number of hydrogen-bond donors (Lipinski definition) is 3. The summed E-state index contributed by atoms with van der Waals surface area (Å²) in [4.78, 5) is 0. The van der Waals surface area contributed by atoms with Crippen LogP contribution in [0.5, 0.6) is 0 Å². The number of benzene rings is 1. The van der Waals surface area contributed by atoms with Crippen molar-refractivity contribution < 1.29 is 14.6 Å². The van der Waals surface area contributed by atoms with E-state index < -0.39 is 11.4 Å². The van der Waals surface area contributed by atoms with Crippen LogP contribution < -0.4 is 5.32 Å². The van der Waals surface area contributed by atoms with Crippen LogP contribution in [0.15, 0.2) is 24.3 Å². The molecule has 0 heterocycles. The molecule has 3 nitrogen and oxygen atoms in total. The zero-order valence-electron chi connectivity index (χ0n) is 8.00. The lowest BCUT2D eigenvalue weighted by Gasteiger charge is -2.27. The number of aliphatic hydroxyl groups is 2. The first-order valence-electron chi connectivity index (χ1n) is 4.36. The van der Waals surface area contributed by atoms with Crippen molar-refractivity contribution in [2.75, 3.05) is 18.5 Å². The van der Waals surface area contributed by atoms with E-state index in [4.69, 9.17) is 10.2 Å². The van der Waals surface area contributed by atoms with E-state index in [0.717, 1.165) is 0 Å². The number of hydrogen-bond acceptors (Lipinski definition) is 3. The van der Waals surface area contributed by atoms with Gasteiger partial charge in [0.1, 0.15) is 5.82 Å². The monoisotopic (exact) mass is 199 g/mol. The molecule has 0 aliphatic rings. The Morgan fingerprint density at radius 1 is 1.29 bits per heavy atom. The summed E-state index contributed by atoms with van der Waals surface area (Å²) in [6.45, 7) is 1.08. The van der Waals surface area contributed by atoms with E-state index in [-0.39, 0.29) is 18.9 Å². The van der Waals surface area contributed by atoms with Crippen LogP contribution in [0, 0.1) is 5.82 Å². The number of nitrogens with one attached hydrogen (secondary N) is 1. The van der Waals surface area contributed by atoms with Crippen LogP contribution in [0.1, 0.15) is 6.92 Å². The number of halogens is 1. The van der Waals surface area contributed by atoms with Crippen LogP contribution in [-0.2, 0) is 0 Å². The van der Waals surface area contributed by atoms with Gasteiger partial charge in [-0.15, -0.1) is 0 Å². The molecule has 0 radical (unpaired) electrons. The fraction of sp³-hybridized carbons (Fsp3) is 0.400. The smallest absolute Gasteiger partial charge is 0.146 e. The van der Waals surface area contributed by atoms with Crippen molar-refractivity contribution in [1.82, 2.24) is 0 Å². The third-order valence-electron chi connectivity index (χ3n) is 2.01. The Kier molecular flexibility index (Phi) is 3.43. The highest BCUT2D eigenvalue weighted by Gasteiger charge is 2.22. The van der Waals surface area contributed by atoms with E-state index in [2.05, 4.69) is 5.32 Å². The first-order chi connectivity index (χ1) is 6.61. The third-order valence-corrected chi connectivity index (χ3v) is 2.01. The second-order valence-corrected chi connectivity index (χ2v) is 3.48. The van der Waals surface area contributed by atoms with Crippen molar-refractivity contribution in [3.63, 3.8) is 0 Å². The van der Waals surface area contributed by atoms with Gasteiger partial charge in [-0.2, -0.15) is 0 Å². The summed E-state index contributed by atoms with van der Waals surface area (Å²) in [5.41, 5.74) is -0.625. The third kappa shape index (κ3) is 2.43. The minimum atomic E-state index is -0.901. The predicted octanol–water partition coefficient (Wildman–Crippen LogP) is 0.981. The van der Waals surface area contributed by atoms with Gasteiger partial charge in [-0.3, -0.25) is 0 Å². The van der Waals surface area contributed by atoms with Crippen LogP contribution >= 0.6 is 0 Å². The lowest BCUT2D eigenvalue weighted by molar-refractivity contribution is 0.147. The highest BCUT2D eigenvalue weighted by Crippen LogP contribution is 2.17. The Balaban J connectivity index is 2.82. The molecule has 1 rings (SSSR count). The van der Waals surface area contributed by atoms with Crippen molar-refractivity contribution in [3.05, 3.63) is 30.1 Å². The maximum Gasteiger partial charge on any atom is 0.146 e. The van der Waals surface area contributed by atoms with Gasteiger partial charge in [-0.1, -0.05) is 12.1 Å². The molecule has 0 aliphatic heterocycles. The van der Waals surface area contributed by atoms with Gasteiger partial charge in [-0.25, -0.2) is 4.39 Å². The van der Waals surface area contributed by atoms with Crippen molar-refractivity contribution in [1.29, 1.82) is 0 Å². The van der Waals surface area contributed by atoms with Crippen molar-refractivity contribution in [2.24, 2.45) is 0 Å². The summed E-state index contributed by atoms with van der Waals surface area (Å²) < 4.78 is 13.2. The van der Waals surface area contributed by atoms with Gasteiger partial charge < -0.3 is 15.5 Å². The minimum Gasteiger partial charge on any atom is -0.394 e. The molecule has 14 heavy (non-hydrogen) atoms. The maximum atomic E-state index is 13.2. The topological polar surface area (TPSA) is 52.5 Å². The Hall–Kier alpha value is -1.13. The molecule has 1 aromatic rings. The number of rotatable bonds is 4. The molecule has 78 valence electrons. The first-order valence-corrected chi connectivity index (χ1v) is 4.36. The molecule has 1 aromatic carbocycles. The Labute approximate surface area is 82.2 Å². The van der Waals surface area contributed by atoms with Crippen molar-refractivity contribution in [3.8, 4) is 0 Å². The van der Waals surface area contributed by atoms with Crippen molar-refractivity contribution >= 4 is 5.69 Å². The standard InChI is InChI=1S/C10H14FNO2/c1-10(6-13,7-14)12-9-5-3-2-4-8(9)11/h2-5,12-14H,6-7H2,1H3. The van der Waals surface area contributed by atoms with Crippen LogP contribution in [0.3, 0.4) is 0 Å². The molecule has 0 aliphatic carbocycles. The molecule has 0 atom stereocenters. The number of anilines is 1. The number of para-hydroxylation sites is 1. The largest absolute Gasteiger partial charge is 0.394 e. The molecular formula is C10H14FNO2. The van der Waals surface area contributed by atoms with Gasteiger partial charge in [0.2, 0.25) is 0 Å². The van der Waals surface area contributed by atoms with Crippen LogP contribution in [-0.4, -0.2) is 29.0 Å². The molecular weight excluding hydrogens is 185 g/mol. The molecule has 0 aromatic heterocycles. The summed E-state index contributed by atoms with van der Waals surface area (Å²) in [6, 6.07) is 6.13. The Morgan fingerprint density at radius 3 is 2.36 bits per heavy atom. The van der Waals surface area contributed by atoms with Gasteiger partial charge in [0.15, 0.2) is 0 Å². The van der Waals surface area contributed by atoms with E-state index in [9.17, 15) is 4.39 Å². The summed E-state index contributed by atoms with van der Waals surface area (Å²) in [5, 5.41) is 20.7. The molecule has 0 amide bonds. The highest BCUT2D eigenvalue weighted by atomic mass is 19.1. The zero-order chi connectivity index (χ0) is 10.6. The van der Waals surface area contributed by atoms with Gasteiger partial charge in [0.05, 0.1) is 24.4 Å². The van der Waals surface area contributed by atoms with Crippen LogP contribution in [0.25, 0.3) is 0 Å². The average Bonchev–Trinajstić information content (AvgIpc) is 2.21. The van der Waals surface area contributed by atoms with Gasteiger partial charge >= 0.3 is 0 Å². The van der Waals surface area contributed by atoms with E-state index in [1.54, 1.807) is 25.1 Å². The van der Waals surface area contributed by atoms with E-state index in [1.807, 2.05) is 0 Å².